The summed E-state index contributed by atoms with van der Waals surface area (Å²) in [6.07, 6.45) is 2.43. The van der Waals surface area contributed by atoms with E-state index in [9.17, 15) is 0 Å². The summed E-state index contributed by atoms with van der Waals surface area (Å²) in [5, 5.41) is 0.147. The van der Waals surface area contributed by atoms with Crippen LogP contribution >= 0.6 is 11.6 Å². The van der Waals surface area contributed by atoms with Gasteiger partial charge in [-0.25, -0.2) is 4.98 Å². The molecule has 0 aliphatic carbocycles. The molecule has 2 heterocycles. The summed E-state index contributed by atoms with van der Waals surface area (Å²) >= 11 is 5.84. The van der Waals surface area contributed by atoms with Gasteiger partial charge in [-0.3, -0.25) is 4.90 Å². The van der Waals surface area contributed by atoms with Crippen LogP contribution in [0.5, 0.6) is 0 Å². The molecule has 0 amide bonds. The molecular weight excluding hydrogens is 290 g/mol. The number of nitrogens with two attached hydrogens (primary N) is 1. The highest BCUT2D eigenvalue weighted by atomic mass is 35.5. The SMILES string of the molecule is CC(C)CCO[C@@H]1CCN([C@@H](C)c2nc(N)nc(Cl)n2)C1. The van der Waals surface area contributed by atoms with Gasteiger partial charge in [-0.1, -0.05) is 13.8 Å². The number of aromatic nitrogens is 3. The van der Waals surface area contributed by atoms with E-state index >= 15 is 0 Å². The van der Waals surface area contributed by atoms with E-state index in [1.807, 2.05) is 0 Å². The Labute approximate surface area is 131 Å². The number of hydrogen-bond donors (Lipinski definition) is 1. The largest absolute Gasteiger partial charge is 0.377 e. The van der Waals surface area contributed by atoms with Crippen molar-refractivity contribution >= 4 is 17.5 Å². The summed E-state index contributed by atoms with van der Waals surface area (Å²) < 4.78 is 5.93. The Bertz CT molecular complexity index is 450. The van der Waals surface area contributed by atoms with Gasteiger partial charge in [0, 0.05) is 19.7 Å². The van der Waals surface area contributed by atoms with Crippen molar-refractivity contribution in [1.82, 2.24) is 19.9 Å². The fraction of sp³-hybridized carbons (Fsp3) is 0.786. The third-order valence-corrected chi connectivity index (χ3v) is 3.96. The maximum Gasteiger partial charge on any atom is 0.227 e. The molecule has 6 nitrogen and oxygen atoms in total. The zero-order valence-corrected chi connectivity index (χ0v) is 13.7. The smallest absolute Gasteiger partial charge is 0.227 e. The molecule has 0 spiro atoms. The van der Waals surface area contributed by atoms with E-state index in [1.54, 1.807) is 0 Å². The minimum absolute atomic E-state index is 0.0616. The molecule has 1 saturated heterocycles. The van der Waals surface area contributed by atoms with Crippen LogP contribution in [0.25, 0.3) is 0 Å². The summed E-state index contributed by atoms with van der Waals surface area (Å²) in [6.45, 7) is 9.17. The van der Waals surface area contributed by atoms with Gasteiger partial charge in [0.15, 0.2) is 5.82 Å². The van der Waals surface area contributed by atoms with Crippen molar-refractivity contribution in [2.75, 3.05) is 25.4 Å². The van der Waals surface area contributed by atoms with Gasteiger partial charge in [0.1, 0.15) is 0 Å². The Hall–Kier alpha value is -0.980. The normalized spacial score (nSPS) is 21.1. The molecule has 1 aliphatic rings. The first-order valence-electron chi connectivity index (χ1n) is 7.48. The predicted octanol–water partition coefficient (Wildman–Crippen LogP) is 2.31. The maximum absolute atomic E-state index is 5.93. The lowest BCUT2D eigenvalue weighted by Gasteiger charge is -2.23. The number of nitrogens with zero attached hydrogens (tertiary/aromatic N) is 4. The number of hydrogen-bond acceptors (Lipinski definition) is 6. The minimum Gasteiger partial charge on any atom is -0.377 e. The fourth-order valence-corrected chi connectivity index (χ4v) is 2.62. The average Bonchev–Trinajstić information content (AvgIpc) is 2.85. The number of anilines is 1. The number of ether oxygens (including phenoxy) is 1. The average molecular weight is 314 g/mol. The van der Waals surface area contributed by atoms with Crippen LogP contribution in [0, 0.1) is 5.92 Å². The van der Waals surface area contributed by atoms with Crippen LogP contribution in [-0.4, -0.2) is 45.7 Å². The molecule has 2 N–H and O–H groups in total. The first kappa shape index (κ1) is 16.4. The molecule has 21 heavy (non-hydrogen) atoms. The zero-order valence-electron chi connectivity index (χ0n) is 12.9. The third-order valence-electron chi connectivity index (χ3n) is 3.79. The van der Waals surface area contributed by atoms with Gasteiger partial charge in [-0.15, -0.1) is 0 Å². The summed E-state index contributed by atoms with van der Waals surface area (Å²) in [5.74, 6) is 1.47. The first-order valence-corrected chi connectivity index (χ1v) is 7.86. The topological polar surface area (TPSA) is 77.2 Å². The van der Waals surface area contributed by atoms with Gasteiger partial charge in [-0.2, -0.15) is 9.97 Å². The van der Waals surface area contributed by atoms with Crippen molar-refractivity contribution in [3.63, 3.8) is 0 Å². The summed E-state index contributed by atoms with van der Waals surface area (Å²) in [5.41, 5.74) is 5.63. The monoisotopic (exact) mass is 313 g/mol. The van der Waals surface area contributed by atoms with E-state index in [0.717, 1.165) is 32.5 Å². The van der Waals surface area contributed by atoms with E-state index in [4.69, 9.17) is 22.1 Å². The quantitative estimate of drug-likeness (QED) is 0.868. The van der Waals surface area contributed by atoms with Crippen LogP contribution in [-0.2, 0) is 4.74 Å². The van der Waals surface area contributed by atoms with Crippen molar-refractivity contribution in [3.8, 4) is 0 Å². The molecule has 0 saturated carbocycles. The molecule has 2 atom stereocenters. The van der Waals surface area contributed by atoms with E-state index in [-0.39, 0.29) is 17.3 Å². The van der Waals surface area contributed by atoms with E-state index < -0.39 is 0 Å². The molecule has 1 aliphatic heterocycles. The Morgan fingerprint density at radius 1 is 1.33 bits per heavy atom. The molecular formula is C14H24ClN5O. The minimum atomic E-state index is 0.0616. The molecule has 1 fully saturated rings. The lowest BCUT2D eigenvalue weighted by molar-refractivity contribution is 0.0490. The van der Waals surface area contributed by atoms with Gasteiger partial charge < -0.3 is 10.5 Å². The van der Waals surface area contributed by atoms with Crippen LogP contribution in [0.1, 0.15) is 45.5 Å². The van der Waals surface area contributed by atoms with E-state index in [2.05, 4.69) is 40.6 Å². The zero-order chi connectivity index (χ0) is 15.4. The van der Waals surface area contributed by atoms with Crippen LogP contribution in [0.15, 0.2) is 0 Å². The van der Waals surface area contributed by atoms with Crippen molar-refractivity contribution in [3.05, 3.63) is 11.1 Å². The highest BCUT2D eigenvalue weighted by molar-refractivity contribution is 6.28. The van der Waals surface area contributed by atoms with E-state index in [0.29, 0.717) is 17.8 Å². The van der Waals surface area contributed by atoms with Crippen molar-refractivity contribution in [1.29, 1.82) is 0 Å². The highest BCUT2D eigenvalue weighted by Gasteiger charge is 2.29. The van der Waals surface area contributed by atoms with Crippen molar-refractivity contribution in [2.45, 2.75) is 45.8 Å². The second-order valence-corrected chi connectivity index (χ2v) is 6.29. The van der Waals surface area contributed by atoms with Crippen LogP contribution < -0.4 is 5.73 Å². The Morgan fingerprint density at radius 3 is 2.76 bits per heavy atom. The molecule has 118 valence electrons. The highest BCUT2D eigenvalue weighted by Crippen LogP contribution is 2.24. The van der Waals surface area contributed by atoms with Crippen LogP contribution in [0.4, 0.5) is 5.95 Å². The Morgan fingerprint density at radius 2 is 2.10 bits per heavy atom. The van der Waals surface area contributed by atoms with Crippen molar-refractivity contribution in [2.24, 2.45) is 5.92 Å². The van der Waals surface area contributed by atoms with E-state index in [1.165, 1.54) is 0 Å². The standard InChI is InChI=1S/C14H24ClN5O/c1-9(2)5-7-21-11-4-6-20(8-11)10(3)12-17-13(15)19-14(16)18-12/h9-11H,4-8H2,1-3H3,(H2,16,17,18,19)/t10-,11+/m0/s1. The second-order valence-electron chi connectivity index (χ2n) is 5.96. The summed E-state index contributed by atoms with van der Waals surface area (Å²) in [4.78, 5) is 14.4. The van der Waals surface area contributed by atoms with Gasteiger partial charge in [0.25, 0.3) is 0 Å². The van der Waals surface area contributed by atoms with Gasteiger partial charge in [-0.05, 0) is 37.3 Å². The number of rotatable bonds is 6. The van der Waals surface area contributed by atoms with Crippen LogP contribution in [0.3, 0.4) is 0 Å². The molecule has 1 aromatic rings. The Kier molecular flexibility index (Phi) is 5.72. The predicted molar refractivity (Wildman–Crippen MR) is 83.0 cm³/mol. The Balaban J connectivity index is 1.88. The molecule has 0 radical (unpaired) electrons. The molecule has 0 bridgehead atoms. The molecule has 7 heteroatoms. The molecule has 2 rings (SSSR count). The first-order chi connectivity index (χ1) is 9.95. The fourth-order valence-electron chi connectivity index (χ4n) is 2.44. The van der Waals surface area contributed by atoms with Crippen LogP contribution in [0.2, 0.25) is 5.28 Å². The molecule has 1 aromatic heterocycles. The number of likely N-dealkylation sites (tertiary alicyclic amines) is 1. The van der Waals surface area contributed by atoms with Gasteiger partial charge in [0.2, 0.25) is 11.2 Å². The van der Waals surface area contributed by atoms with Gasteiger partial charge >= 0.3 is 0 Å². The molecule has 0 aromatic carbocycles. The molecule has 0 unspecified atom stereocenters. The number of halogens is 1. The summed E-state index contributed by atoms with van der Waals surface area (Å²) in [7, 11) is 0. The third kappa shape index (κ3) is 4.76. The number of nitrogen functional groups attached to an aromatic ring is 1. The second kappa shape index (κ2) is 7.33. The van der Waals surface area contributed by atoms with Gasteiger partial charge in [0.05, 0.1) is 12.1 Å². The maximum atomic E-state index is 5.93. The summed E-state index contributed by atoms with van der Waals surface area (Å²) in [6, 6.07) is 0.0616. The van der Waals surface area contributed by atoms with Crippen molar-refractivity contribution < 1.29 is 4.74 Å². The lowest BCUT2D eigenvalue weighted by atomic mass is 10.1. The lowest BCUT2D eigenvalue weighted by Crippen LogP contribution is -2.28.